The number of methoxy groups -OCH3 is 1. The van der Waals surface area contributed by atoms with Crippen molar-refractivity contribution in [2.45, 2.75) is 40.5 Å². The maximum Gasteiger partial charge on any atom is 0.124 e. The van der Waals surface area contributed by atoms with Crippen molar-refractivity contribution >= 4 is 0 Å². The molecule has 0 saturated heterocycles. The molecule has 96 valence electrons. The molecule has 1 atom stereocenters. The van der Waals surface area contributed by atoms with Crippen LogP contribution in [0.25, 0.3) is 0 Å². The fourth-order valence-electron chi connectivity index (χ4n) is 2.43. The summed E-state index contributed by atoms with van der Waals surface area (Å²) in [5, 5.41) is 0. The number of ether oxygens (including phenoxy) is 1. The lowest BCUT2D eigenvalue weighted by molar-refractivity contribution is 0.407. The molecule has 0 aliphatic carbocycles. The molecule has 0 aliphatic rings. The predicted molar refractivity (Wildman–Crippen MR) is 73.7 cm³/mol. The lowest BCUT2D eigenvalue weighted by atomic mass is 9.91. The van der Waals surface area contributed by atoms with E-state index in [0.717, 1.165) is 25.1 Å². The van der Waals surface area contributed by atoms with E-state index >= 15 is 0 Å². The molecule has 0 bridgehead atoms. The van der Waals surface area contributed by atoms with Crippen LogP contribution in [0.15, 0.2) is 6.07 Å². The normalized spacial score (nSPS) is 12.6. The van der Waals surface area contributed by atoms with Gasteiger partial charge in [0.05, 0.1) is 7.11 Å². The number of hydrogen-bond acceptors (Lipinski definition) is 2. The largest absolute Gasteiger partial charge is 0.496 e. The van der Waals surface area contributed by atoms with Crippen molar-refractivity contribution < 1.29 is 4.74 Å². The predicted octanol–water partition coefficient (Wildman–Crippen LogP) is 3.15. The molecule has 1 unspecified atom stereocenters. The summed E-state index contributed by atoms with van der Waals surface area (Å²) < 4.78 is 5.44. The number of benzene rings is 1. The molecule has 1 aromatic rings. The van der Waals surface area contributed by atoms with E-state index in [1.54, 1.807) is 7.11 Å². The molecule has 0 amide bonds. The quantitative estimate of drug-likeness (QED) is 0.851. The van der Waals surface area contributed by atoms with Crippen LogP contribution in [0.5, 0.6) is 5.75 Å². The molecule has 0 spiro atoms. The summed E-state index contributed by atoms with van der Waals surface area (Å²) in [7, 11) is 1.74. The smallest absolute Gasteiger partial charge is 0.124 e. The first-order chi connectivity index (χ1) is 8.01. The fourth-order valence-corrected chi connectivity index (χ4v) is 2.43. The SMILES string of the molecule is COc1c(C)cc(CC(C)CCN)c(C)c1C. The standard InChI is InChI=1S/C15H25NO/c1-10(6-7-16)8-14-9-11(2)15(17-5)13(4)12(14)3/h9-10H,6-8,16H2,1-5H3. The molecule has 17 heavy (non-hydrogen) atoms. The third-order valence-corrected chi connectivity index (χ3v) is 3.57. The number of nitrogens with two attached hydrogens (primary N) is 1. The minimum absolute atomic E-state index is 0.644. The Kier molecular flexibility index (Phi) is 5.01. The lowest BCUT2D eigenvalue weighted by Crippen LogP contribution is -2.09. The summed E-state index contributed by atoms with van der Waals surface area (Å²) in [6.07, 6.45) is 2.19. The van der Waals surface area contributed by atoms with Crippen LogP contribution in [-0.4, -0.2) is 13.7 Å². The van der Waals surface area contributed by atoms with Gasteiger partial charge in [0.2, 0.25) is 0 Å². The minimum Gasteiger partial charge on any atom is -0.496 e. The zero-order valence-corrected chi connectivity index (χ0v) is 11.8. The summed E-state index contributed by atoms with van der Waals surface area (Å²) in [6.45, 7) is 9.47. The first-order valence-corrected chi connectivity index (χ1v) is 6.35. The second-order valence-electron chi connectivity index (χ2n) is 5.02. The molecular weight excluding hydrogens is 210 g/mol. The maximum absolute atomic E-state index is 5.61. The monoisotopic (exact) mass is 235 g/mol. The van der Waals surface area contributed by atoms with Crippen LogP contribution in [0, 0.1) is 26.7 Å². The highest BCUT2D eigenvalue weighted by Gasteiger charge is 2.12. The second-order valence-corrected chi connectivity index (χ2v) is 5.02. The summed E-state index contributed by atoms with van der Waals surface area (Å²) in [5.41, 5.74) is 10.9. The van der Waals surface area contributed by atoms with Gasteiger partial charge in [-0.3, -0.25) is 0 Å². The van der Waals surface area contributed by atoms with Gasteiger partial charge in [-0.15, -0.1) is 0 Å². The van der Waals surface area contributed by atoms with Crippen molar-refractivity contribution in [3.63, 3.8) is 0 Å². The minimum atomic E-state index is 0.644. The average Bonchev–Trinajstić information content (AvgIpc) is 2.26. The van der Waals surface area contributed by atoms with Gasteiger partial charge < -0.3 is 10.5 Å². The van der Waals surface area contributed by atoms with Crippen molar-refractivity contribution in [1.29, 1.82) is 0 Å². The number of aryl methyl sites for hydroxylation is 1. The van der Waals surface area contributed by atoms with Gasteiger partial charge in [0.1, 0.15) is 5.75 Å². The van der Waals surface area contributed by atoms with Crippen LogP contribution in [-0.2, 0) is 6.42 Å². The molecule has 1 aromatic carbocycles. The van der Waals surface area contributed by atoms with Gasteiger partial charge in [0, 0.05) is 0 Å². The Morgan fingerprint density at radius 2 is 1.88 bits per heavy atom. The Labute approximate surface area is 105 Å². The topological polar surface area (TPSA) is 35.2 Å². The lowest BCUT2D eigenvalue weighted by Gasteiger charge is -2.18. The zero-order valence-electron chi connectivity index (χ0n) is 11.8. The first-order valence-electron chi connectivity index (χ1n) is 6.35. The first kappa shape index (κ1) is 14.0. The second kappa shape index (κ2) is 6.06. The van der Waals surface area contributed by atoms with Gasteiger partial charge in [0.25, 0.3) is 0 Å². The average molecular weight is 235 g/mol. The number of hydrogen-bond donors (Lipinski definition) is 1. The highest BCUT2D eigenvalue weighted by molar-refractivity contribution is 5.49. The van der Waals surface area contributed by atoms with Gasteiger partial charge in [0.15, 0.2) is 0 Å². The Hall–Kier alpha value is -1.02. The summed E-state index contributed by atoms with van der Waals surface area (Å²) in [4.78, 5) is 0. The molecule has 0 radical (unpaired) electrons. The van der Waals surface area contributed by atoms with Gasteiger partial charge in [-0.05, 0) is 68.3 Å². The van der Waals surface area contributed by atoms with Crippen molar-refractivity contribution in [3.8, 4) is 5.75 Å². The zero-order chi connectivity index (χ0) is 13.0. The Bertz CT molecular complexity index is 385. The molecule has 2 heteroatoms. The van der Waals surface area contributed by atoms with Gasteiger partial charge >= 0.3 is 0 Å². The summed E-state index contributed by atoms with van der Waals surface area (Å²) in [6, 6.07) is 2.26. The Morgan fingerprint density at radius 3 is 2.41 bits per heavy atom. The van der Waals surface area contributed by atoms with Crippen LogP contribution >= 0.6 is 0 Å². The van der Waals surface area contributed by atoms with Crippen LogP contribution in [0.1, 0.15) is 35.6 Å². The van der Waals surface area contributed by atoms with E-state index < -0.39 is 0 Å². The Balaban J connectivity index is 3.02. The third kappa shape index (κ3) is 3.22. The fraction of sp³-hybridized carbons (Fsp3) is 0.600. The maximum atomic E-state index is 5.61. The Morgan fingerprint density at radius 1 is 1.24 bits per heavy atom. The van der Waals surface area contributed by atoms with Crippen LogP contribution in [0.2, 0.25) is 0 Å². The van der Waals surface area contributed by atoms with Gasteiger partial charge in [-0.25, -0.2) is 0 Å². The molecule has 0 aromatic heterocycles. The highest BCUT2D eigenvalue weighted by Crippen LogP contribution is 2.29. The van der Waals surface area contributed by atoms with E-state index in [4.69, 9.17) is 10.5 Å². The van der Waals surface area contributed by atoms with E-state index in [9.17, 15) is 0 Å². The van der Waals surface area contributed by atoms with Crippen molar-refractivity contribution in [2.24, 2.45) is 11.7 Å². The van der Waals surface area contributed by atoms with Crippen LogP contribution < -0.4 is 10.5 Å². The molecule has 0 fully saturated rings. The molecule has 0 saturated carbocycles. The highest BCUT2D eigenvalue weighted by atomic mass is 16.5. The van der Waals surface area contributed by atoms with E-state index in [1.807, 2.05) is 0 Å². The summed E-state index contributed by atoms with van der Waals surface area (Å²) in [5.74, 6) is 1.67. The molecular formula is C15H25NO. The van der Waals surface area contributed by atoms with Gasteiger partial charge in [-0.2, -0.15) is 0 Å². The van der Waals surface area contributed by atoms with Crippen molar-refractivity contribution in [3.05, 3.63) is 28.3 Å². The molecule has 0 heterocycles. The molecule has 2 N–H and O–H groups in total. The van der Waals surface area contributed by atoms with Crippen LogP contribution in [0.4, 0.5) is 0 Å². The van der Waals surface area contributed by atoms with E-state index in [1.165, 1.54) is 22.3 Å². The molecule has 1 rings (SSSR count). The third-order valence-electron chi connectivity index (χ3n) is 3.57. The summed E-state index contributed by atoms with van der Waals surface area (Å²) >= 11 is 0. The van der Waals surface area contributed by atoms with Crippen LogP contribution in [0.3, 0.4) is 0 Å². The van der Waals surface area contributed by atoms with E-state index in [2.05, 4.69) is 33.8 Å². The van der Waals surface area contributed by atoms with E-state index in [-0.39, 0.29) is 0 Å². The number of rotatable bonds is 5. The van der Waals surface area contributed by atoms with E-state index in [0.29, 0.717) is 5.92 Å². The van der Waals surface area contributed by atoms with Crippen molar-refractivity contribution in [1.82, 2.24) is 0 Å². The van der Waals surface area contributed by atoms with Gasteiger partial charge in [-0.1, -0.05) is 13.0 Å². The molecule has 2 nitrogen and oxygen atoms in total. The molecule has 0 aliphatic heterocycles. The van der Waals surface area contributed by atoms with Crippen molar-refractivity contribution in [2.75, 3.05) is 13.7 Å².